The van der Waals surface area contributed by atoms with Gasteiger partial charge in [0, 0.05) is 15.6 Å². The molecule has 3 N–H and O–H groups in total. The largest absolute Gasteiger partial charge is 0.393 e. The maximum absolute atomic E-state index is 9.92. The average molecular weight is 367 g/mol. The van der Waals surface area contributed by atoms with Crippen molar-refractivity contribution in [1.82, 2.24) is 0 Å². The van der Waals surface area contributed by atoms with Crippen molar-refractivity contribution in [2.75, 3.05) is 5.75 Å². The molecule has 3 aliphatic rings. The molecule has 2 aliphatic carbocycles. The summed E-state index contributed by atoms with van der Waals surface area (Å²) >= 11 is 5.29. The van der Waals surface area contributed by atoms with Crippen LogP contribution in [-0.4, -0.2) is 22.1 Å². The molecule has 1 aromatic rings. The van der Waals surface area contributed by atoms with Gasteiger partial charge in [0.1, 0.15) is 5.54 Å². The van der Waals surface area contributed by atoms with Gasteiger partial charge in [0.2, 0.25) is 0 Å². The van der Waals surface area contributed by atoms with Crippen LogP contribution in [0.5, 0.6) is 0 Å². The topological polar surface area (TPSA) is 58.6 Å². The molecule has 112 valence electrons. The zero-order valence-corrected chi connectivity index (χ0v) is 14.2. The molecule has 1 unspecified atom stereocenters. The van der Waals surface area contributed by atoms with E-state index in [0.717, 1.165) is 42.3 Å². The van der Waals surface area contributed by atoms with E-state index in [1.807, 2.05) is 0 Å². The molecule has 1 heterocycles. The Morgan fingerprint density at radius 2 is 2.10 bits per heavy atom. The van der Waals surface area contributed by atoms with Crippen LogP contribution < -0.4 is 5.73 Å². The fraction of sp³-hybridized carbons (Fsp3) is 0.562. The van der Waals surface area contributed by atoms with Gasteiger partial charge in [-0.25, -0.2) is 4.99 Å². The highest BCUT2D eigenvalue weighted by atomic mass is 79.9. The van der Waals surface area contributed by atoms with Gasteiger partial charge in [0.15, 0.2) is 5.17 Å². The summed E-state index contributed by atoms with van der Waals surface area (Å²) in [5, 5.41) is 10.6. The molecule has 0 aromatic heterocycles. The molecule has 4 rings (SSSR count). The van der Waals surface area contributed by atoms with Gasteiger partial charge in [-0.15, -0.1) is 0 Å². The standard InChI is InChI=1S/C16H19BrN2OS/c17-11-2-1-10-8-15(5-3-12(20)4-6-15)16(13(10)7-11)9-21-14(18)19-16/h1-2,7,12,20H,3-6,8-9H2,(H2,18,19). The van der Waals surface area contributed by atoms with Crippen molar-refractivity contribution in [2.45, 2.75) is 43.7 Å². The van der Waals surface area contributed by atoms with E-state index >= 15 is 0 Å². The molecule has 1 saturated carbocycles. The second-order valence-corrected chi connectivity index (χ2v) is 8.50. The van der Waals surface area contributed by atoms with Crippen molar-refractivity contribution in [3.63, 3.8) is 0 Å². The molecule has 5 heteroatoms. The molecule has 0 saturated heterocycles. The lowest BCUT2D eigenvalue weighted by molar-refractivity contribution is 0.0281. The predicted molar refractivity (Wildman–Crippen MR) is 90.5 cm³/mol. The fourth-order valence-corrected chi connectivity index (χ4v) is 5.93. The lowest BCUT2D eigenvalue weighted by Crippen LogP contribution is -2.45. The molecule has 3 nitrogen and oxygen atoms in total. The van der Waals surface area contributed by atoms with Crippen LogP contribution in [0.25, 0.3) is 0 Å². The number of hydrogen-bond acceptors (Lipinski definition) is 4. The van der Waals surface area contributed by atoms with E-state index in [1.54, 1.807) is 11.8 Å². The Bertz CT molecular complexity index is 625. The first-order chi connectivity index (χ1) is 10.0. The lowest BCUT2D eigenvalue weighted by atomic mass is 9.62. The van der Waals surface area contributed by atoms with Crippen molar-refractivity contribution in [3.05, 3.63) is 33.8 Å². The number of hydrogen-bond donors (Lipinski definition) is 2. The van der Waals surface area contributed by atoms with Crippen molar-refractivity contribution < 1.29 is 5.11 Å². The summed E-state index contributed by atoms with van der Waals surface area (Å²) in [5.41, 5.74) is 8.78. The van der Waals surface area contributed by atoms with Crippen molar-refractivity contribution in [1.29, 1.82) is 0 Å². The third kappa shape index (κ3) is 1.93. The summed E-state index contributed by atoms with van der Waals surface area (Å²) in [7, 11) is 0. The third-order valence-corrected chi connectivity index (χ3v) is 7.01. The Morgan fingerprint density at radius 3 is 2.76 bits per heavy atom. The van der Waals surface area contributed by atoms with Gasteiger partial charge in [-0.05, 0) is 55.4 Å². The van der Waals surface area contributed by atoms with Crippen molar-refractivity contribution >= 4 is 32.9 Å². The summed E-state index contributed by atoms with van der Waals surface area (Å²) in [6.45, 7) is 0. The molecule has 0 radical (unpaired) electrons. The van der Waals surface area contributed by atoms with Crippen LogP contribution in [0.2, 0.25) is 0 Å². The Labute approximate surface area is 137 Å². The number of thioether (sulfide) groups is 1. The van der Waals surface area contributed by atoms with Crippen LogP contribution >= 0.6 is 27.7 Å². The second kappa shape index (κ2) is 4.74. The average Bonchev–Trinajstić information content (AvgIpc) is 2.97. The van der Waals surface area contributed by atoms with Crippen LogP contribution in [-0.2, 0) is 12.0 Å². The van der Waals surface area contributed by atoms with Crippen LogP contribution in [0.3, 0.4) is 0 Å². The van der Waals surface area contributed by atoms with E-state index in [4.69, 9.17) is 10.7 Å². The van der Waals surface area contributed by atoms with E-state index < -0.39 is 0 Å². The number of aliphatic hydroxyl groups is 1. The van der Waals surface area contributed by atoms with Crippen LogP contribution in [0.4, 0.5) is 0 Å². The highest BCUT2D eigenvalue weighted by molar-refractivity contribution is 9.10. The first-order valence-electron chi connectivity index (χ1n) is 7.50. The Morgan fingerprint density at radius 1 is 1.33 bits per heavy atom. The quantitative estimate of drug-likeness (QED) is 0.741. The van der Waals surface area contributed by atoms with E-state index in [-0.39, 0.29) is 17.1 Å². The number of halogens is 1. The Balaban J connectivity index is 1.87. The van der Waals surface area contributed by atoms with Gasteiger partial charge in [-0.1, -0.05) is 33.8 Å². The first-order valence-corrected chi connectivity index (χ1v) is 9.28. The normalized spacial score (nSPS) is 38.0. The minimum absolute atomic E-state index is 0.140. The molecule has 0 amide bonds. The molecular formula is C16H19BrN2OS. The highest BCUT2D eigenvalue weighted by Crippen LogP contribution is 2.62. The molecular weight excluding hydrogens is 348 g/mol. The number of nitrogens with two attached hydrogens (primary N) is 1. The van der Waals surface area contributed by atoms with Gasteiger partial charge in [-0.3, -0.25) is 0 Å². The Hall–Kier alpha value is -0.520. The van der Waals surface area contributed by atoms with Gasteiger partial charge in [0.25, 0.3) is 0 Å². The zero-order chi connectivity index (χ0) is 14.7. The SMILES string of the molecule is NC1=NC2(CS1)c1cc(Br)ccc1CC21CCC(O)CC1. The summed E-state index contributed by atoms with van der Waals surface area (Å²) in [4.78, 5) is 4.96. The number of benzene rings is 1. The number of amidine groups is 1. The van der Waals surface area contributed by atoms with Crippen molar-refractivity contribution in [2.24, 2.45) is 16.1 Å². The second-order valence-electron chi connectivity index (χ2n) is 6.59. The summed E-state index contributed by atoms with van der Waals surface area (Å²) in [6.07, 6.45) is 4.78. The van der Waals surface area contributed by atoms with Gasteiger partial charge >= 0.3 is 0 Å². The predicted octanol–water partition coefficient (Wildman–Crippen LogP) is 3.18. The molecule has 21 heavy (non-hydrogen) atoms. The molecule has 0 bridgehead atoms. The fourth-order valence-electron chi connectivity index (χ4n) is 4.47. The lowest BCUT2D eigenvalue weighted by Gasteiger charge is -2.45. The Kier molecular flexibility index (Phi) is 3.18. The summed E-state index contributed by atoms with van der Waals surface area (Å²) < 4.78 is 1.11. The zero-order valence-electron chi connectivity index (χ0n) is 11.8. The van der Waals surface area contributed by atoms with E-state index in [1.165, 1.54) is 11.1 Å². The van der Waals surface area contributed by atoms with Crippen LogP contribution in [0, 0.1) is 5.41 Å². The molecule has 1 aliphatic heterocycles. The molecule has 1 aromatic carbocycles. The molecule has 2 spiro atoms. The smallest absolute Gasteiger partial charge is 0.154 e. The maximum atomic E-state index is 9.92. The van der Waals surface area contributed by atoms with Gasteiger partial charge < -0.3 is 10.8 Å². The minimum atomic E-state index is -0.180. The minimum Gasteiger partial charge on any atom is -0.393 e. The maximum Gasteiger partial charge on any atom is 0.154 e. The number of fused-ring (bicyclic) bond motifs is 3. The number of rotatable bonds is 0. The van der Waals surface area contributed by atoms with E-state index in [0.29, 0.717) is 5.17 Å². The monoisotopic (exact) mass is 366 g/mol. The summed E-state index contributed by atoms with van der Waals surface area (Å²) in [5.74, 6) is 0.943. The number of aliphatic imine (C=N–C) groups is 1. The molecule has 1 atom stereocenters. The highest BCUT2D eigenvalue weighted by Gasteiger charge is 2.60. The summed E-state index contributed by atoms with van der Waals surface area (Å²) in [6, 6.07) is 6.59. The van der Waals surface area contributed by atoms with Gasteiger partial charge in [-0.2, -0.15) is 0 Å². The number of nitrogens with zero attached hydrogens (tertiary/aromatic N) is 1. The van der Waals surface area contributed by atoms with Crippen LogP contribution in [0.15, 0.2) is 27.7 Å². The van der Waals surface area contributed by atoms with E-state index in [2.05, 4.69) is 34.1 Å². The van der Waals surface area contributed by atoms with Crippen molar-refractivity contribution in [3.8, 4) is 0 Å². The number of aliphatic hydroxyl groups excluding tert-OH is 1. The van der Waals surface area contributed by atoms with E-state index in [9.17, 15) is 5.11 Å². The van der Waals surface area contributed by atoms with Gasteiger partial charge in [0.05, 0.1) is 6.10 Å². The first kappa shape index (κ1) is 14.1. The molecule has 1 fully saturated rings. The van der Waals surface area contributed by atoms with Crippen LogP contribution in [0.1, 0.15) is 36.8 Å². The third-order valence-electron chi connectivity index (χ3n) is 5.57.